The summed E-state index contributed by atoms with van der Waals surface area (Å²) in [5.74, 6) is -0.0410. The van der Waals surface area contributed by atoms with Crippen molar-refractivity contribution in [2.24, 2.45) is 0 Å². The summed E-state index contributed by atoms with van der Waals surface area (Å²) in [6, 6.07) is 3.33. The zero-order chi connectivity index (χ0) is 15.1. The van der Waals surface area contributed by atoms with Gasteiger partial charge in [0.05, 0.1) is 14.2 Å². The Bertz CT molecular complexity index is 467. The molecule has 3 N–H and O–H groups in total. The molecule has 1 rings (SSSR count). The van der Waals surface area contributed by atoms with Crippen LogP contribution in [0.4, 0.5) is 10.5 Å². The van der Waals surface area contributed by atoms with E-state index in [9.17, 15) is 9.59 Å². The second-order valence-corrected chi connectivity index (χ2v) is 4.00. The van der Waals surface area contributed by atoms with Crippen LogP contribution in [0.5, 0.6) is 11.5 Å². The molecule has 0 unspecified atom stereocenters. The normalized spacial score (nSPS) is 11.3. The second-order valence-electron chi connectivity index (χ2n) is 4.00. The van der Waals surface area contributed by atoms with Crippen molar-refractivity contribution in [3.8, 4) is 11.5 Å². The van der Waals surface area contributed by atoms with Gasteiger partial charge in [0, 0.05) is 23.9 Å². The van der Waals surface area contributed by atoms with Crippen LogP contribution in [0.25, 0.3) is 0 Å². The number of anilines is 1. The van der Waals surface area contributed by atoms with Crippen LogP contribution in [-0.4, -0.2) is 37.4 Å². The number of nitrogens with one attached hydrogen (secondary N) is 2. The topological polar surface area (TPSA) is 96.9 Å². The van der Waals surface area contributed by atoms with Crippen LogP contribution in [0.3, 0.4) is 0 Å². The number of amides is 2. The lowest BCUT2D eigenvalue weighted by Gasteiger charge is -2.14. The van der Waals surface area contributed by atoms with Gasteiger partial charge in [-0.25, -0.2) is 9.59 Å². The molecule has 0 aromatic heterocycles. The fourth-order valence-corrected chi connectivity index (χ4v) is 1.54. The van der Waals surface area contributed by atoms with Crippen LogP contribution < -0.4 is 20.1 Å². The molecule has 0 heterocycles. The molecule has 0 aliphatic heterocycles. The maximum absolute atomic E-state index is 11.7. The van der Waals surface area contributed by atoms with Crippen molar-refractivity contribution in [3.63, 3.8) is 0 Å². The van der Waals surface area contributed by atoms with Crippen molar-refractivity contribution in [2.45, 2.75) is 19.4 Å². The van der Waals surface area contributed by atoms with E-state index in [0.717, 1.165) is 0 Å². The monoisotopic (exact) mass is 282 g/mol. The van der Waals surface area contributed by atoms with Gasteiger partial charge in [0.25, 0.3) is 0 Å². The zero-order valence-electron chi connectivity index (χ0n) is 11.6. The van der Waals surface area contributed by atoms with Crippen LogP contribution >= 0.6 is 0 Å². The van der Waals surface area contributed by atoms with Crippen LogP contribution in [-0.2, 0) is 4.79 Å². The minimum atomic E-state index is -1.08. The van der Waals surface area contributed by atoms with Crippen molar-refractivity contribution < 1.29 is 24.2 Å². The van der Waals surface area contributed by atoms with Gasteiger partial charge in [0.2, 0.25) is 0 Å². The molecule has 7 nitrogen and oxygen atoms in total. The van der Waals surface area contributed by atoms with Crippen LogP contribution in [0, 0.1) is 0 Å². The number of ether oxygens (including phenoxy) is 2. The number of urea groups is 1. The predicted molar refractivity (Wildman–Crippen MR) is 73.4 cm³/mol. The Morgan fingerprint density at radius 3 is 2.15 bits per heavy atom. The molecule has 7 heteroatoms. The van der Waals surface area contributed by atoms with Gasteiger partial charge in [0.15, 0.2) is 0 Å². The van der Waals surface area contributed by atoms with E-state index in [-0.39, 0.29) is 0 Å². The zero-order valence-corrected chi connectivity index (χ0v) is 11.6. The largest absolute Gasteiger partial charge is 0.497 e. The summed E-state index contributed by atoms with van der Waals surface area (Å²) in [5, 5.41) is 13.8. The number of aliphatic carboxylic acids is 1. The fourth-order valence-electron chi connectivity index (χ4n) is 1.54. The van der Waals surface area contributed by atoms with Gasteiger partial charge in [-0.3, -0.25) is 0 Å². The smallest absolute Gasteiger partial charge is 0.326 e. The molecule has 0 aliphatic carbocycles. The fraction of sp³-hybridized carbons (Fsp3) is 0.385. The molecule has 1 aromatic rings. The highest BCUT2D eigenvalue weighted by atomic mass is 16.5. The highest BCUT2D eigenvalue weighted by molar-refractivity contribution is 5.92. The van der Waals surface area contributed by atoms with E-state index in [0.29, 0.717) is 23.6 Å². The molecular weight excluding hydrogens is 264 g/mol. The van der Waals surface area contributed by atoms with E-state index in [4.69, 9.17) is 14.6 Å². The summed E-state index contributed by atoms with van der Waals surface area (Å²) in [6.45, 7) is 1.67. The average molecular weight is 282 g/mol. The van der Waals surface area contributed by atoms with E-state index in [2.05, 4.69) is 10.6 Å². The van der Waals surface area contributed by atoms with Gasteiger partial charge in [-0.05, 0) is 6.42 Å². The summed E-state index contributed by atoms with van der Waals surface area (Å²) >= 11 is 0. The van der Waals surface area contributed by atoms with Gasteiger partial charge in [-0.15, -0.1) is 0 Å². The molecule has 20 heavy (non-hydrogen) atoms. The minimum Gasteiger partial charge on any atom is -0.497 e. The van der Waals surface area contributed by atoms with Crippen molar-refractivity contribution in [1.29, 1.82) is 0 Å². The highest BCUT2D eigenvalue weighted by Gasteiger charge is 2.17. The summed E-state index contributed by atoms with van der Waals surface area (Å²) in [6.07, 6.45) is 0.296. The molecule has 0 saturated carbocycles. The molecule has 0 bridgehead atoms. The molecule has 0 radical (unpaired) electrons. The Hall–Kier alpha value is -2.44. The number of carbonyl (C=O) groups excluding carboxylic acids is 1. The molecule has 0 spiro atoms. The third kappa shape index (κ3) is 4.34. The molecule has 2 amide bonds. The maximum atomic E-state index is 11.7. The minimum absolute atomic E-state index is 0.296. The summed E-state index contributed by atoms with van der Waals surface area (Å²) < 4.78 is 10.1. The number of carboxylic acid groups (broad SMARTS) is 1. The van der Waals surface area contributed by atoms with Crippen molar-refractivity contribution in [1.82, 2.24) is 5.32 Å². The Balaban J connectivity index is 2.77. The van der Waals surface area contributed by atoms with Crippen molar-refractivity contribution in [3.05, 3.63) is 18.2 Å². The number of methoxy groups -OCH3 is 2. The van der Waals surface area contributed by atoms with E-state index < -0.39 is 18.0 Å². The van der Waals surface area contributed by atoms with Crippen LogP contribution in [0.2, 0.25) is 0 Å². The van der Waals surface area contributed by atoms with E-state index in [1.807, 2.05) is 0 Å². The van der Waals surface area contributed by atoms with Gasteiger partial charge < -0.3 is 25.2 Å². The SMILES string of the molecule is CC[C@H](NC(=O)Nc1cc(OC)cc(OC)c1)C(=O)O. The number of hydrogen-bond donors (Lipinski definition) is 3. The quantitative estimate of drug-likeness (QED) is 0.737. The number of benzene rings is 1. The molecular formula is C13H18N2O5. The third-order valence-corrected chi connectivity index (χ3v) is 2.62. The molecule has 0 aliphatic rings. The Morgan fingerprint density at radius 2 is 1.75 bits per heavy atom. The third-order valence-electron chi connectivity index (χ3n) is 2.62. The Kier molecular flexibility index (Phi) is 5.64. The molecule has 0 fully saturated rings. The number of carbonyl (C=O) groups is 2. The maximum Gasteiger partial charge on any atom is 0.326 e. The highest BCUT2D eigenvalue weighted by Crippen LogP contribution is 2.25. The second kappa shape index (κ2) is 7.22. The van der Waals surface area contributed by atoms with Gasteiger partial charge in [0.1, 0.15) is 17.5 Å². The molecule has 110 valence electrons. The molecule has 1 atom stereocenters. The van der Waals surface area contributed by atoms with Gasteiger partial charge in [-0.2, -0.15) is 0 Å². The first-order valence-corrected chi connectivity index (χ1v) is 6.03. The lowest BCUT2D eigenvalue weighted by molar-refractivity contribution is -0.139. The van der Waals surface area contributed by atoms with Gasteiger partial charge in [-0.1, -0.05) is 6.92 Å². The summed E-state index contributed by atoms with van der Waals surface area (Å²) in [7, 11) is 2.99. The number of carboxylic acids is 1. The first kappa shape index (κ1) is 15.6. The average Bonchev–Trinajstić information content (AvgIpc) is 2.43. The summed E-state index contributed by atoms with van der Waals surface area (Å²) in [4.78, 5) is 22.6. The first-order valence-electron chi connectivity index (χ1n) is 6.03. The van der Waals surface area contributed by atoms with Crippen LogP contribution in [0.15, 0.2) is 18.2 Å². The van der Waals surface area contributed by atoms with Crippen molar-refractivity contribution >= 4 is 17.7 Å². The lowest BCUT2D eigenvalue weighted by atomic mass is 10.2. The van der Waals surface area contributed by atoms with Crippen molar-refractivity contribution in [2.75, 3.05) is 19.5 Å². The number of rotatable bonds is 6. The predicted octanol–water partition coefficient (Wildman–Crippen LogP) is 1.69. The van der Waals surface area contributed by atoms with E-state index >= 15 is 0 Å². The number of hydrogen-bond acceptors (Lipinski definition) is 4. The Labute approximate surface area is 116 Å². The first-order chi connectivity index (χ1) is 9.49. The standard InChI is InChI=1S/C13H18N2O5/c1-4-11(12(16)17)15-13(18)14-8-5-9(19-2)7-10(6-8)20-3/h5-7,11H,4H2,1-3H3,(H,16,17)(H2,14,15,18)/t11-/m0/s1. The van der Waals surface area contributed by atoms with Crippen LogP contribution in [0.1, 0.15) is 13.3 Å². The molecule has 0 saturated heterocycles. The Morgan fingerprint density at radius 1 is 1.20 bits per heavy atom. The lowest BCUT2D eigenvalue weighted by Crippen LogP contribution is -2.42. The molecule has 1 aromatic carbocycles. The van der Waals surface area contributed by atoms with E-state index in [1.165, 1.54) is 14.2 Å². The van der Waals surface area contributed by atoms with E-state index in [1.54, 1.807) is 25.1 Å². The summed E-state index contributed by atoms with van der Waals surface area (Å²) in [5.41, 5.74) is 0.443. The van der Waals surface area contributed by atoms with Gasteiger partial charge >= 0.3 is 12.0 Å².